The molecule has 0 atom stereocenters. The number of pyridine rings is 1. The van der Waals surface area contributed by atoms with Gasteiger partial charge in [-0.15, -0.1) is 0 Å². The summed E-state index contributed by atoms with van der Waals surface area (Å²) in [5.41, 5.74) is 6.04. The fourth-order valence-electron chi connectivity index (χ4n) is 2.30. The number of carbonyl (C=O) groups excluding carboxylic acids is 1. The predicted molar refractivity (Wildman–Crippen MR) is 53.6 cm³/mol. The Kier molecular flexibility index (Phi) is 2.23. The molecule has 2 N–H and O–H groups in total. The van der Waals surface area contributed by atoms with Gasteiger partial charge in [-0.1, -0.05) is 18.9 Å². The third kappa shape index (κ3) is 1.29. The molecule has 74 valence electrons. The van der Waals surface area contributed by atoms with Crippen LogP contribution >= 0.6 is 0 Å². The van der Waals surface area contributed by atoms with E-state index >= 15 is 0 Å². The molecule has 14 heavy (non-hydrogen) atoms. The molecule has 1 aromatic heterocycles. The molecule has 1 aromatic rings. The maximum atomic E-state index is 11.5. The summed E-state index contributed by atoms with van der Waals surface area (Å²) in [6.07, 6.45) is 7.38. The minimum atomic E-state index is -0.436. The molecular weight excluding hydrogens is 176 g/mol. The molecule has 1 fully saturated rings. The Balaban J connectivity index is 2.42. The molecular formula is C11H14N2O. The summed E-state index contributed by atoms with van der Waals surface area (Å²) < 4.78 is 0. The topological polar surface area (TPSA) is 56.0 Å². The van der Waals surface area contributed by atoms with Gasteiger partial charge >= 0.3 is 0 Å². The maximum Gasteiger partial charge on any atom is 0.228 e. The van der Waals surface area contributed by atoms with Crippen LogP contribution in [0.4, 0.5) is 0 Å². The fraction of sp³-hybridized carbons (Fsp3) is 0.455. The van der Waals surface area contributed by atoms with Gasteiger partial charge < -0.3 is 5.73 Å². The van der Waals surface area contributed by atoms with E-state index < -0.39 is 5.41 Å². The minimum Gasteiger partial charge on any atom is -0.369 e. The molecule has 0 bridgehead atoms. The average Bonchev–Trinajstić information content (AvgIpc) is 2.69. The Morgan fingerprint density at radius 2 is 2.14 bits per heavy atom. The molecule has 0 spiro atoms. The lowest BCUT2D eigenvalue weighted by molar-refractivity contribution is -0.123. The van der Waals surface area contributed by atoms with E-state index in [0.717, 1.165) is 31.2 Å². The number of primary amides is 1. The molecule has 0 aromatic carbocycles. The third-order valence-electron chi connectivity index (χ3n) is 3.14. The Labute approximate surface area is 83.3 Å². The summed E-state index contributed by atoms with van der Waals surface area (Å²) in [6, 6.07) is 3.81. The third-order valence-corrected chi connectivity index (χ3v) is 3.14. The first-order valence-corrected chi connectivity index (χ1v) is 4.96. The van der Waals surface area contributed by atoms with E-state index in [0.29, 0.717) is 0 Å². The van der Waals surface area contributed by atoms with Crippen LogP contribution in [0.15, 0.2) is 24.5 Å². The van der Waals surface area contributed by atoms with E-state index in [9.17, 15) is 4.79 Å². The van der Waals surface area contributed by atoms with Crippen LogP contribution in [0, 0.1) is 0 Å². The number of rotatable bonds is 2. The van der Waals surface area contributed by atoms with E-state index in [4.69, 9.17) is 5.73 Å². The number of nitrogens with two attached hydrogens (primary N) is 1. The van der Waals surface area contributed by atoms with Crippen molar-refractivity contribution < 1.29 is 4.79 Å². The van der Waals surface area contributed by atoms with Gasteiger partial charge in [0.05, 0.1) is 5.41 Å². The molecule has 0 saturated heterocycles. The molecule has 0 radical (unpaired) electrons. The smallest absolute Gasteiger partial charge is 0.228 e. The number of hydrogen-bond donors (Lipinski definition) is 1. The molecule has 1 aliphatic rings. The van der Waals surface area contributed by atoms with Gasteiger partial charge in [0.1, 0.15) is 0 Å². The molecule has 1 saturated carbocycles. The van der Waals surface area contributed by atoms with Gasteiger partial charge in [-0.05, 0) is 24.5 Å². The molecule has 2 rings (SSSR count). The zero-order valence-electron chi connectivity index (χ0n) is 8.07. The number of nitrogens with zero attached hydrogens (tertiary/aromatic N) is 1. The first-order chi connectivity index (χ1) is 6.76. The van der Waals surface area contributed by atoms with Gasteiger partial charge in [0.25, 0.3) is 0 Å². The van der Waals surface area contributed by atoms with Crippen molar-refractivity contribution in [1.82, 2.24) is 4.98 Å². The van der Waals surface area contributed by atoms with E-state index in [1.807, 2.05) is 12.1 Å². The van der Waals surface area contributed by atoms with Crippen molar-refractivity contribution in [1.29, 1.82) is 0 Å². The minimum absolute atomic E-state index is 0.206. The second kappa shape index (κ2) is 3.40. The summed E-state index contributed by atoms with van der Waals surface area (Å²) in [6.45, 7) is 0. The van der Waals surface area contributed by atoms with Gasteiger partial charge in [0.2, 0.25) is 5.91 Å². The van der Waals surface area contributed by atoms with Crippen molar-refractivity contribution >= 4 is 5.91 Å². The second-order valence-corrected chi connectivity index (χ2v) is 3.90. The normalized spacial score (nSPS) is 19.4. The standard InChI is InChI=1S/C11H14N2O/c12-10(14)11(5-1-2-6-11)9-4-3-7-13-8-9/h3-4,7-8H,1-2,5-6H2,(H2,12,14). The van der Waals surface area contributed by atoms with Crippen LogP contribution in [-0.4, -0.2) is 10.9 Å². The second-order valence-electron chi connectivity index (χ2n) is 3.90. The van der Waals surface area contributed by atoms with Crippen LogP contribution in [-0.2, 0) is 10.2 Å². The van der Waals surface area contributed by atoms with Gasteiger partial charge in [-0.25, -0.2) is 0 Å². The zero-order chi connectivity index (χ0) is 10.0. The van der Waals surface area contributed by atoms with Crippen LogP contribution in [0.1, 0.15) is 31.2 Å². The Morgan fingerprint density at radius 1 is 1.43 bits per heavy atom. The number of hydrogen-bond acceptors (Lipinski definition) is 2. The largest absolute Gasteiger partial charge is 0.369 e. The molecule has 1 amide bonds. The highest BCUT2D eigenvalue weighted by Gasteiger charge is 2.41. The van der Waals surface area contributed by atoms with Crippen molar-refractivity contribution in [3.05, 3.63) is 30.1 Å². The quantitative estimate of drug-likeness (QED) is 0.765. The number of carbonyl (C=O) groups is 1. The lowest BCUT2D eigenvalue weighted by Gasteiger charge is -2.24. The molecule has 3 heteroatoms. The summed E-state index contributed by atoms with van der Waals surface area (Å²) in [4.78, 5) is 15.6. The van der Waals surface area contributed by atoms with Gasteiger partial charge in [-0.3, -0.25) is 9.78 Å². The maximum absolute atomic E-state index is 11.5. The highest BCUT2D eigenvalue weighted by Crippen LogP contribution is 2.40. The van der Waals surface area contributed by atoms with Gasteiger partial charge in [0.15, 0.2) is 0 Å². The first-order valence-electron chi connectivity index (χ1n) is 4.96. The Morgan fingerprint density at radius 3 is 2.64 bits per heavy atom. The lowest BCUT2D eigenvalue weighted by Crippen LogP contribution is -2.38. The average molecular weight is 190 g/mol. The van der Waals surface area contributed by atoms with Crippen LogP contribution in [0.25, 0.3) is 0 Å². The highest BCUT2D eigenvalue weighted by molar-refractivity contribution is 5.86. The van der Waals surface area contributed by atoms with E-state index in [2.05, 4.69) is 4.98 Å². The Hall–Kier alpha value is -1.38. The molecule has 0 aliphatic heterocycles. The van der Waals surface area contributed by atoms with E-state index in [1.165, 1.54) is 0 Å². The molecule has 1 aliphatic carbocycles. The SMILES string of the molecule is NC(=O)C1(c2cccnc2)CCCC1. The summed E-state index contributed by atoms with van der Waals surface area (Å²) in [5, 5.41) is 0. The fourth-order valence-corrected chi connectivity index (χ4v) is 2.30. The van der Waals surface area contributed by atoms with Gasteiger partial charge in [-0.2, -0.15) is 0 Å². The zero-order valence-corrected chi connectivity index (χ0v) is 8.07. The van der Waals surface area contributed by atoms with Crippen LogP contribution in [0.3, 0.4) is 0 Å². The molecule has 1 heterocycles. The number of amides is 1. The van der Waals surface area contributed by atoms with Crippen LogP contribution in [0.2, 0.25) is 0 Å². The van der Waals surface area contributed by atoms with Crippen molar-refractivity contribution in [2.45, 2.75) is 31.1 Å². The van der Waals surface area contributed by atoms with Crippen molar-refractivity contribution in [3.8, 4) is 0 Å². The molecule has 0 unspecified atom stereocenters. The van der Waals surface area contributed by atoms with Gasteiger partial charge in [0, 0.05) is 12.4 Å². The monoisotopic (exact) mass is 190 g/mol. The number of aromatic nitrogens is 1. The Bertz CT molecular complexity index is 328. The predicted octanol–water partition coefficient (Wildman–Crippen LogP) is 1.38. The van der Waals surface area contributed by atoms with E-state index in [-0.39, 0.29) is 5.91 Å². The summed E-state index contributed by atoms with van der Waals surface area (Å²) in [7, 11) is 0. The van der Waals surface area contributed by atoms with Crippen molar-refractivity contribution in [2.75, 3.05) is 0 Å². The first kappa shape index (κ1) is 9.19. The molecule has 3 nitrogen and oxygen atoms in total. The van der Waals surface area contributed by atoms with Crippen molar-refractivity contribution in [3.63, 3.8) is 0 Å². The van der Waals surface area contributed by atoms with Crippen LogP contribution < -0.4 is 5.73 Å². The lowest BCUT2D eigenvalue weighted by atomic mass is 9.79. The highest BCUT2D eigenvalue weighted by atomic mass is 16.1. The summed E-state index contributed by atoms with van der Waals surface area (Å²) in [5.74, 6) is -0.206. The van der Waals surface area contributed by atoms with E-state index in [1.54, 1.807) is 12.4 Å². The van der Waals surface area contributed by atoms with Crippen molar-refractivity contribution in [2.24, 2.45) is 5.73 Å². The van der Waals surface area contributed by atoms with Crippen LogP contribution in [0.5, 0.6) is 0 Å². The summed E-state index contributed by atoms with van der Waals surface area (Å²) >= 11 is 0.